The van der Waals surface area contributed by atoms with Gasteiger partial charge in [-0.3, -0.25) is 24.7 Å². The van der Waals surface area contributed by atoms with Gasteiger partial charge in [-0.05, 0) is 111 Å². The number of carbonyl (C=O) groups is 1. The Morgan fingerprint density at radius 3 is 2.49 bits per heavy atom. The van der Waals surface area contributed by atoms with E-state index in [2.05, 4.69) is 43.6 Å². The summed E-state index contributed by atoms with van der Waals surface area (Å²) in [5.74, 6) is -0.468. The maximum absolute atomic E-state index is 14.5. The van der Waals surface area contributed by atoms with Crippen LogP contribution in [-0.2, 0) is 24.2 Å². The van der Waals surface area contributed by atoms with Gasteiger partial charge in [-0.2, -0.15) is 4.98 Å². The number of hydrogen-bond donors (Lipinski definition) is 3. The van der Waals surface area contributed by atoms with E-state index < -0.39 is 31.4 Å². The molecule has 7 aliphatic rings. The van der Waals surface area contributed by atoms with Crippen molar-refractivity contribution in [1.29, 1.82) is 0 Å². The van der Waals surface area contributed by atoms with Crippen LogP contribution in [0.1, 0.15) is 82.0 Å². The zero-order chi connectivity index (χ0) is 49.0. The molecule has 71 heavy (non-hydrogen) atoms. The average molecular weight is 994 g/mol. The van der Waals surface area contributed by atoms with Crippen LogP contribution in [0.4, 0.5) is 28.4 Å². The van der Waals surface area contributed by atoms with Crippen molar-refractivity contribution in [3.8, 4) is 5.88 Å². The number of benzene rings is 2. The number of nitrogens with one attached hydrogen (secondary N) is 3. The minimum absolute atomic E-state index is 0.119. The zero-order valence-corrected chi connectivity index (χ0v) is 41.8. The number of allylic oxidation sites excluding steroid dienone is 1. The van der Waals surface area contributed by atoms with Crippen LogP contribution in [0.2, 0.25) is 0 Å². The lowest BCUT2D eigenvalue weighted by Gasteiger charge is -2.43. The van der Waals surface area contributed by atoms with Crippen LogP contribution in [0.15, 0.2) is 70.8 Å². The molecule has 2 aromatic carbocycles. The molecule has 4 aliphatic heterocycles. The summed E-state index contributed by atoms with van der Waals surface area (Å²) in [4.78, 5) is 43.3. The Hall–Kier alpha value is -5.31. The summed E-state index contributed by atoms with van der Waals surface area (Å²) in [5.41, 5.74) is 6.94. The van der Waals surface area contributed by atoms with Gasteiger partial charge in [0.15, 0.2) is 0 Å². The van der Waals surface area contributed by atoms with Crippen LogP contribution in [0.3, 0.4) is 0 Å². The highest BCUT2D eigenvalue weighted by Gasteiger charge is 2.59. The molecule has 0 radical (unpaired) electrons. The molecule has 1 atom stereocenters. The fourth-order valence-electron chi connectivity index (χ4n) is 12.8. The van der Waals surface area contributed by atoms with E-state index in [1.165, 1.54) is 57.1 Å². The number of nitro benzene ring substituents is 1. The highest BCUT2D eigenvalue weighted by atomic mass is 32.2. The second-order valence-corrected chi connectivity index (χ2v) is 23.3. The predicted molar refractivity (Wildman–Crippen MR) is 270 cm³/mol. The fourth-order valence-corrected chi connectivity index (χ4v) is 13.8. The van der Waals surface area contributed by atoms with E-state index in [1.54, 1.807) is 17.2 Å². The van der Waals surface area contributed by atoms with Gasteiger partial charge in [0.05, 0.1) is 66.8 Å². The summed E-state index contributed by atoms with van der Waals surface area (Å²) in [6.45, 7) is 15.4. The fraction of sp³-hybridized carbons (Fsp3) is 0.577. The number of morpholine rings is 1. The first kappa shape index (κ1) is 48.0. The Morgan fingerprint density at radius 1 is 0.901 bits per heavy atom. The quantitative estimate of drug-likeness (QED) is 0.0703. The molecule has 19 heteroatoms. The van der Waals surface area contributed by atoms with E-state index in [0.717, 1.165) is 82.6 Å². The van der Waals surface area contributed by atoms with E-state index in [4.69, 9.17) is 23.9 Å². The van der Waals surface area contributed by atoms with Gasteiger partial charge in [0, 0.05) is 87.8 Å². The molecule has 2 saturated carbocycles. The Balaban J connectivity index is 0.848. The third-order valence-electron chi connectivity index (χ3n) is 16.6. The van der Waals surface area contributed by atoms with Crippen LogP contribution >= 0.6 is 0 Å². The second kappa shape index (κ2) is 19.3. The van der Waals surface area contributed by atoms with E-state index in [-0.39, 0.29) is 23.9 Å². The molecular formula is C52H67N9O9S. The first-order chi connectivity index (χ1) is 34.3. The van der Waals surface area contributed by atoms with Crippen LogP contribution < -0.4 is 24.6 Å². The number of pyridine rings is 1. The van der Waals surface area contributed by atoms with Crippen molar-refractivity contribution >= 4 is 55.4 Å². The molecule has 5 fully saturated rings. The molecule has 3 saturated heterocycles. The van der Waals surface area contributed by atoms with E-state index in [1.807, 2.05) is 35.4 Å². The number of sulfonamides is 1. The summed E-state index contributed by atoms with van der Waals surface area (Å²) in [6.07, 6.45) is 12.2. The molecule has 2 aromatic heterocycles. The van der Waals surface area contributed by atoms with Crippen LogP contribution in [-0.4, -0.2) is 149 Å². The molecule has 3 aliphatic carbocycles. The molecular weight excluding hydrogens is 927 g/mol. The van der Waals surface area contributed by atoms with Crippen molar-refractivity contribution in [2.24, 2.45) is 10.8 Å². The first-order valence-electron chi connectivity index (χ1n) is 25.6. The van der Waals surface area contributed by atoms with Crippen molar-refractivity contribution in [3.05, 3.63) is 81.6 Å². The van der Waals surface area contributed by atoms with E-state index in [0.29, 0.717) is 78.7 Å². The number of ether oxygens (including phenoxy) is 4. The van der Waals surface area contributed by atoms with Crippen molar-refractivity contribution in [1.82, 2.24) is 24.5 Å². The number of aromatic amines is 1. The first-order valence-corrected chi connectivity index (χ1v) is 27.1. The standard InChI is InChI=1S/C52H67N9O9S/c1-50(2)10-8-37(42(31-50)51-11-13-52(35-51,14-12-51)59-21-24-67-25-22-59)33-57-17-19-58(20-18-57)38-4-6-41(44(29-38)60-16-3-23-70-49-46(60)28-36-9-15-53-47(36)55-49)48(62)56-71(65,66)40-5-7-43(45(30-40)61(63)64)54-32-39-34-68-26-27-69-39/h4-7,9,15,28-30,39,54H,3,8,10-14,16-27,31-35H2,1-2H3,(H,53,55)(H,56,62). The maximum atomic E-state index is 14.5. The average Bonchev–Trinajstić information content (AvgIpc) is 4.08. The summed E-state index contributed by atoms with van der Waals surface area (Å²) in [5, 5.41) is 16.1. The molecule has 1 amide bonds. The van der Waals surface area contributed by atoms with Gasteiger partial charge < -0.3 is 39.0 Å². The third kappa shape index (κ3) is 9.61. The molecule has 0 spiro atoms. The summed E-state index contributed by atoms with van der Waals surface area (Å²) in [6, 6.07) is 13.0. The highest BCUT2D eigenvalue weighted by molar-refractivity contribution is 7.90. The summed E-state index contributed by atoms with van der Waals surface area (Å²) >= 11 is 0. The Morgan fingerprint density at radius 2 is 1.72 bits per heavy atom. The number of fused-ring (bicyclic) bond motifs is 4. The molecule has 2 bridgehead atoms. The topological polar surface area (TPSA) is 197 Å². The van der Waals surface area contributed by atoms with Crippen molar-refractivity contribution in [3.63, 3.8) is 0 Å². The van der Waals surface area contributed by atoms with E-state index >= 15 is 0 Å². The lowest BCUT2D eigenvalue weighted by Crippen LogP contribution is -2.51. The van der Waals surface area contributed by atoms with Crippen LogP contribution in [0, 0.1) is 20.9 Å². The minimum atomic E-state index is -4.59. The van der Waals surface area contributed by atoms with Crippen LogP contribution in [0.5, 0.6) is 5.88 Å². The largest absolute Gasteiger partial charge is 0.476 e. The van der Waals surface area contributed by atoms with Gasteiger partial charge in [-0.25, -0.2) is 13.1 Å². The van der Waals surface area contributed by atoms with Crippen molar-refractivity contribution in [2.45, 2.75) is 88.2 Å². The number of aromatic nitrogens is 2. The Labute approximate surface area is 415 Å². The molecule has 18 nitrogen and oxygen atoms in total. The van der Waals surface area contributed by atoms with Crippen molar-refractivity contribution < 1.29 is 37.1 Å². The van der Waals surface area contributed by atoms with Crippen molar-refractivity contribution in [2.75, 3.05) is 114 Å². The lowest BCUT2D eigenvalue weighted by atomic mass is 9.64. The van der Waals surface area contributed by atoms with E-state index in [9.17, 15) is 23.3 Å². The monoisotopic (exact) mass is 993 g/mol. The van der Waals surface area contributed by atoms with Gasteiger partial charge in [0.1, 0.15) is 17.0 Å². The highest BCUT2D eigenvalue weighted by Crippen LogP contribution is 2.65. The number of nitrogens with zero attached hydrogens (tertiary/aromatic N) is 6. The van der Waals surface area contributed by atoms with Gasteiger partial charge in [0.2, 0.25) is 5.88 Å². The number of anilines is 4. The number of rotatable bonds is 13. The van der Waals surface area contributed by atoms with Gasteiger partial charge in [0.25, 0.3) is 21.6 Å². The smallest absolute Gasteiger partial charge is 0.293 e. The summed E-state index contributed by atoms with van der Waals surface area (Å²) < 4.78 is 53.3. The minimum Gasteiger partial charge on any atom is -0.476 e. The number of piperazine rings is 1. The molecule has 6 heterocycles. The predicted octanol–water partition coefficient (Wildman–Crippen LogP) is 7.00. The number of H-pyrrole nitrogens is 1. The molecule has 3 N–H and O–H groups in total. The molecule has 4 aromatic rings. The normalized spacial score (nSPS) is 26.3. The Kier molecular flexibility index (Phi) is 13.0. The Bertz CT molecular complexity index is 2800. The van der Waals surface area contributed by atoms with Gasteiger partial charge in [-0.1, -0.05) is 25.0 Å². The summed E-state index contributed by atoms with van der Waals surface area (Å²) in [7, 11) is -4.59. The van der Waals surface area contributed by atoms with Crippen LogP contribution in [0.25, 0.3) is 11.0 Å². The number of nitro groups is 1. The lowest BCUT2D eigenvalue weighted by molar-refractivity contribution is -0.384. The molecule has 11 rings (SSSR count). The number of carbonyl (C=O) groups excluding carboxylic acids is 1. The number of amides is 1. The van der Waals surface area contributed by atoms with Gasteiger partial charge in [-0.15, -0.1) is 0 Å². The molecule has 1 unspecified atom stereocenters. The third-order valence-corrected chi connectivity index (χ3v) is 18.0. The SMILES string of the molecule is CC1(C)CCC(CN2CCN(c3ccc(C(=O)NS(=O)(=O)c4ccc(NCC5COCCO5)c([N+](=O)[O-])c4)c(N4CCCOc5nc6[nH]ccc6cc54)c3)CC2)=C(C23CCC(N4CCOCC4)(CC2)C3)C1. The molecule has 380 valence electrons. The second-order valence-electron chi connectivity index (χ2n) is 21.6. The number of hydrogen-bond acceptors (Lipinski definition) is 15. The van der Waals surface area contributed by atoms with Gasteiger partial charge >= 0.3 is 0 Å². The zero-order valence-electron chi connectivity index (χ0n) is 41.0. The maximum Gasteiger partial charge on any atom is 0.293 e.